The molecule has 0 amide bonds. The quantitative estimate of drug-likeness (QED) is 0.293. The summed E-state index contributed by atoms with van der Waals surface area (Å²) in [7, 11) is 1.61. The van der Waals surface area contributed by atoms with Crippen LogP contribution in [-0.4, -0.2) is 29.7 Å². The van der Waals surface area contributed by atoms with Crippen molar-refractivity contribution in [1.82, 2.24) is 9.97 Å². The molecule has 0 atom stereocenters. The molecule has 0 spiro atoms. The van der Waals surface area contributed by atoms with Crippen LogP contribution < -0.4 is 26.6 Å². The van der Waals surface area contributed by atoms with Gasteiger partial charge in [0, 0.05) is 5.69 Å². The van der Waals surface area contributed by atoms with Crippen molar-refractivity contribution >= 4 is 29.0 Å². The number of hydrogen-bond donors (Lipinski definition) is 3. The van der Waals surface area contributed by atoms with E-state index in [1.807, 2.05) is 24.3 Å². The normalized spacial score (nSPS) is 10.4. The number of aromatic nitrogens is 2. The molecule has 1 aromatic heterocycles. The first-order valence-electron chi connectivity index (χ1n) is 9.31. The van der Waals surface area contributed by atoms with Gasteiger partial charge in [0.2, 0.25) is 0 Å². The molecule has 9 nitrogen and oxygen atoms in total. The van der Waals surface area contributed by atoms with Crippen molar-refractivity contribution in [3.8, 4) is 5.75 Å². The first-order chi connectivity index (χ1) is 14.5. The zero-order valence-corrected chi connectivity index (χ0v) is 16.8. The Bertz CT molecular complexity index is 1010. The number of carbonyl (C=O) groups is 1. The average Bonchev–Trinajstić information content (AvgIpc) is 2.76. The molecule has 0 aliphatic rings. The average molecular weight is 408 g/mol. The topological polar surface area (TPSA) is 129 Å². The summed E-state index contributed by atoms with van der Waals surface area (Å²) in [6.45, 7) is 2.45. The number of nitrogens with one attached hydrogen (secondary N) is 1. The zero-order valence-electron chi connectivity index (χ0n) is 16.8. The molecule has 0 aliphatic carbocycles. The molecule has 9 heteroatoms. The van der Waals surface area contributed by atoms with Gasteiger partial charge in [-0.3, -0.25) is 5.01 Å². The molecule has 30 heavy (non-hydrogen) atoms. The molecule has 0 bridgehead atoms. The number of anilines is 4. The smallest absolute Gasteiger partial charge is 0.338 e. The molecular weight excluding hydrogens is 384 g/mol. The molecule has 1 heterocycles. The highest BCUT2D eigenvalue weighted by Crippen LogP contribution is 2.28. The van der Waals surface area contributed by atoms with Crippen LogP contribution in [0.2, 0.25) is 0 Å². The van der Waals surface area contributed by atoms with E-state index in [-0.39, 0.29) is 5.69 Å². The van der Waals surface area contributed by atoms with E-state index in [0.717, 1.165) is 11.3 Å². The number of hydrazine groups is 1. The van der Waals surface area contributed by atoms with Gasteiger partial charge in [-0.2, -0.15) is 0 Å². The number of rotatable bonds is 8. The van der Waals surface area contributed by atoms with Gasteiger partial charge in [0.25, 0.3) is 0 Å². The number of ether oxygens (including phenoxy) is 2. The molecule has 5 N–H and O–H groups in total. The molecular formula is C21H24N6O3. The van der Waals surface area contributed by atoms with E-state index in [2.05, 4.69) is 15.3 Å². The minimum absolute atomic E-state index is 0.287. The third kappa shape index (κ3) is 4.95. The highest BCUT2D eigenvalue weighted by Gasteiger charge is 2.14. The van der Waals surface area contributed by atoms with Crippen molar-refractivity contribution < 1.29 is 14.3 Å². The summed E-state index contributed by atoms with van der Waals surface area (Å²) >= 11 is 0. The van der Waals surface area contributed by atoms with Gasteiger partial charge < -0.3 is 20.5 Å². The Morgan fingerprint density at radius 2 is 1.93 bits per heavy atom. The van der Waals surface area contributed by atoms with Crippen molar-refractivity contribution in [1.29, 1.82) is 0 Å². The van der Waals surface area contributed by atoms with E-state index in [1.54, 1.807) is 38.3 Å². The Kier molecular flexibility index (Phi) is 6.66. The van der Waals surface area contributed by atoms with Gasteiger partial charge in [-0.25, -0.2) is 20.6 Å². The molecule has 156 valence electrons. The monoisotopic (exact) mass is 408 g/mol. The largest absolute Gasteiger partial charge is 0.497 e. The first-order valence-corrected chi connectivity index (χ1v) is 9.31. The van der Waals surface area contributed by atoms with Crippen LogP contribution >= 0.6 is 0 Å². The Hall–Kier alpha value is -3.85. The molecule has 0 unspecified atom stereocenters. The summed E-state index contributed by atoms with van der Waals surface area (Å²) in [5.74, 6) is 7.33. The maximum absolute atomic E-state index is 11.9. The molecule has 2 aromatic carbocycles. The van der Waals surface area contributed by atoms with Gasteiger partial charge >= 0.3 is 5.97 Å². The summed E-state index contributed by atoms with van der Waals surface area (Å²) in [4.78, 5) is 20.3. The first kappa shape index (κ1) is 20.9. The summed E-state index contributed by atoms with van der Waals surface area (Å²) in [6.07, 6.45) is 1.37. The molecule has 0 aliphatic heterocycles. The highest BCUT2D eigenvalue weighted by molar-refractivity contribution is 5.91. The van der Waals surface area contributed by atoms with E-state index in [0.29, 0.717) is 36.0 Å². The number of esters is 1. The van der Waals surface area contributed by atoms with Crippen LogP contribution in [0.4, 0.5) is 23.0 Å². The number of nitrogens with two attached hydrogens (primary N) is 2. The van der Waals surface area contributed by atoms with E-state index < -0.39 is 5.97 Å². The minimum atomic E-state index is -0.398. The molecule has 0 saturated heterocycles. The van der Waals surface area contributed by atoms with Crippen LogP contribution in [-0.2, 0) is 11.3 Å². The lowest BCUT2D eigenvalue weighted by Crippen LogP contribution is -2.32. The van der Waals surface area contributed by atoms with Crippen molar-refractivity contribution in [3.05, 3.63) is 66.0 Å². The predicted molar refractivity (Wildman–Crippen MR) is 115 cm³/mol. The van der Waals surface area contributed by atoms with Gasteiger partial charge in [0.15, 0.2) is 11.6 Å². The minimum Gasteiger partial charge on any atom is -0.497 e. The second kappa shape index (κ2) is 9.57. The number of hydrogen-bond acceptors (Lipinski definition) is 9. The molecule has 3 rings (SSSR count). The van der Waals surface area contributed by atoms with Crippen LogP contribution in [0, 0.1) is 0 Å². The number of methoxy groups -OCH3 is 1. The highest BCUT2D eigenvalue weighted by atomic mass is 16.5. The second-order valence-electron chi connectivity index (χ2n) is 6.36. The van der Waals surface area contributed by atoms with E-state index >= 15 is 0 Å². The molecule has 0 saturated carbocycles. The van der Waals surface area contributed by atoms with Crippen molar-refractivity contribution in [2.45, 2.75) is 13.5 Å². The summed E-state index contributed by atoms with van der Waals surface area (Å²) < 4.78 is 10.2. The summed E-state index contributed by atoms with van der Waals surface area (Å²) in [6, 6.07) is 14.4. The number of nitrogens with zero attached hydrogens (tertiary/aromatic N) is 3. The Morgan fingerprint density at radius 1 is 1.17 bits per heavy atom. The molecule has 0 radical (unpaired) electrons. The molecule has 3 aromatic rings. The van der Waals surface area contributed by atoms with Crippen LogP contribution in [0.25, 0.3) is 0 Å². The van der Waals surface area contributed by atoms with Crippen LogP contribution in [0.3, 0.4) is 0 Å². The summed E-state index contributed by atoms with van der Waals surface area (Å²) in [5, 5.41) is 4.54. The van der Waals surface area contributed by atoms with Crippen LogP contribution in [0.1, 0.15) is 22.8 Å². The SMILES string of the molecule is CCOC(=O)c1cccc(Nc2ncnc(N(N)Cc3ccc(OC)cc3)c2N)c1. The van der Waals surface area contributed by atoms with Crippen molar-refractivity contribution in [2.24, 2.45) is 5.84 Å². The Morgan fingerprint density at radius 3 is 2.63 bits per heavy atom. The summed E-state index contributed by atoms with van der Waals surface area (Å²) in [5.41, 5.74) is 8.57. The van der Waals surface area contributed by atoms with Gasteiger partial charge in [0.1, 0.15) is 17.8 Å². The number of carbonyl (C=O) groups excluding carboxylic acids is 1. The lowest BCUT2D eigenvalue weighted by Gasteiger charge is -2.20. The third-order valence-electron chi connectivity index (χ3n) is 4.28. The fraction of sp³-hybridized carbons (Fsp3) is 0.190. The Balaban J connectivity index is 1.77. The maximum Gasteiger partial charge on any atom is 0.338 e. The predicted octanol–water partition coefficient (Wildman–Crippen LogP) is 2.87. The lowest BCUT2D eigenvalue weighted by atomic mass is 10.2. The number of nitrogen functional groups attached to an aromatic ring is 1. The lowest BCUT2D eigenvalue weighted by molar-refractivity contribution is 0.0526. The number of benzene rings is 2. The van der Waals surface area contributed by atoms with Crippen LogP contribution in [0.5, 0.6) is 5.75 Å². The molecule has 0 fully saturated rings. The van der Waals surface area contributed by atoms with Gasteiger partial charge in [-0.1, -0.05) is 18.2 Å². The standard InChI is InChI=1S/C21H24N6O3/c1-3-30-21(28)15-5-4-6-16(11-15)26-19-18(22)20(25-13-24-19)27(23)12-14-7-9-17(29-2)10-8-14/h4-11,13H,3,12,22-23H2,1-2H3,(H,24,25,26). The maximum atomic E-state index is 11.9. The van der Waals surface area contributed by atoms with Gasteiger partial charge in [-0.15, -0.1) is 0 Å². The van der Waals surface area contributed by atoms with Gasteiger partial charge in [0.05, 0.1) is 25.8 Å². The van der Waals surface area contributed by atoms with Crippen molar-refractivity contribution in [3.63, 3.8) is 0 Å². The fourth-order valence-corrected chi connectivity index (χ4v) is 2.79. The van der Waals surface area contributed by atoms with Gasteiger partial charge in [-0.05, 0) is 42.8 Å². The zero-order chi connectivity index (χ0) is 21.5. The van der Waals surface area contributed by atoms with E-state index in [1.165, 1.54) is 11.3 Å². The second-order valence-corrected chi connectivity index (χ2v) is 6.36. The Labute approximate surface area is 174 Å². The third-order valence-corrected chi connectivity index (χ3v) is 4.28. The fourth-order valence-electron chi connectivity index (χ4n) is 2.79. The van der Waals surface area contributed by atoms with Crippen molar-refractivity contribution in [2.75, 3.05) is 29.8 Å². The van der Waals surface area contributed by atoms with E-state index in [4.69, 9.17) is 21.1 Å². The van der Waals surface area contributed by atoms with E-state index in [9.17, 15) is 4.79 Å². The van der Waals surface area contributed by atoms with Crippen LogP contribution in [0.15, 0.2) is 54.9 Å².